The Morgan fingerprint density at radius 2 is 1.93 bits per heavy atom. The number of likely N-dealkylation sites (tertiary alicyclic amines) is 1. The largest absolute Gasteiger partial charge is 0.381 e. The van der Waals surface area contributed by atoms with Crippen molar-refractivity contribution in [2.45, 2.75) is 44.2 Å². The van der Waals surface area contributed by atoms with Gasteiger partial charge in [-0.3, -0.25) is 9.69 Å². The Morgan fingerprint density at radius 1 is 1.11 bits per heavy atom. The molecule has 3 saturated heterocycles. The fourth-order valence-electron chi connectivity index (χ4n) is 4.61. The van der Waals surface area contributed by atoms with E-state index < -0.39 is 0 Å². The zero-order valence-corrected chi connectivity index (χ0v) is 16.3. The molecule has 1 aromatic rings. The first-order valence-electron chi connectivity index (χ1n) is 10.5. The summed E-state index contributed by atoms with van der Waals surface area (Å²) in [6.07, 6.45) is 4.74. The molecule has 148 valence electrons. The first kappa shape index (κ1) is 18.9. The van der Waals surface area contributed by atoms with Crippen molar-refractivity contribution in [2.75, 3.05) is 46.0 Å². The van der Waals surface area contributed by atoms with Gasteiger partial charge in [0.25, 0.3) is 0 Å². The number of piperidine rings is 1. The highest BCUT2D eigenvalue weighted by atomic mass is 16.5. The Bertz CT molecular complexity index is 607. The Kier molecular flexibility index (Phi) is 6.11. The van der Waals surface area contributed by atoms with Gasteiger partial charge in [0.05, 0.1) is 18.6 Å². The molecule has 0 aliphatic carbocycles. The van der Waals surface area contributed by atoms with Gasteiger partial charge in [-0.05, 0) is 37.2 Å². The van der Waals surface area contributed by atoms with E-state index in [1.807, 2.05) is 0 Å². The molecule has 4 rings (SSSR count). The summed E-state index contributed by atoms with van der Waals surface area (Å²) < 4.78 is 11.8. The zero-order valence-electron chi connectivity index (χ0n) is 16.3. The summed E-state index contributed by atoms with van der Waals surface area (Å²) in [5, 5.41) is 0. The molecule has 1 spiro atoms. The van der Waals surface area contributed by atoms with Gasteiger partial charge in [-0.2, -0.15) is 0 Å². The topological polar surface area (TPSA) is 42.0 Å². The van der Waals surface area contributed by atoms with Crippen LogP contribution in [0.15, 0.2) is 30.3 Å². The SMILES string of the molecule is O=C1CCOC2(CCN(Cc3ccccc3)CC2)CN1CCC1CCOC1. The van der Waals surface area contributed by atoms with E-state index in [1.165, 1.54) is 5.56 Å². The van der Waals surface area contributed by atoms with Crippen molar-refractivity contribution in [1.82, 2.24) is 9.80 Å². The van der Waals surface area contributed by atoms with Crippen LogP contribution in [0.1, 0.15) is 37.7 Å². The van der Waals surface area contributed by atoms with E-state index in [1.54, 1.807) is 0 Å². The molecule has 1 unspecified atom stereocenters. The molecule has 1 atom stereocenters. The van der Waals surface area contributed by atoms with E-state index in [9.17, 15) is 4.79 Å². The van der Waals surface area contributed by atoms with Crippen LogP contribution in [0.4, 0.5) is 0 Å². The lowest BCUT2D eigenvalue weighted by Crippen LogP contribution is -2.52. The van der Waals surface area contributed by atoms with Gasteiger partial charge in [0.15, 0.2) is 0 Å². The maximum Gasteiger partial charge on any atom is 0.224 e. The average molecular weight is 373 g/mol. The number of hydrogen-bond acceptors (Lipinski definition) is 4. The van der Waals surface area contributed by atoms with Crippen molar-refractivity contribution in [1.29, 1.82) is 0 Å². The second-order valence-corrected chi connectivity index (χ2v) is 8.38. The molecule has 5 heteroatoms. The first-order valence-corrected chi connectivity index (χ1v) is 10.5. The van der Waals surface area contributed by atoms with Crippen LogP contribution in [0.5, 0.6) is 0 Å². The molecule has 0 N–H and O–H groups in total. The van der Waals surface area contributed by atoms with Crippen LogP contribution in [0.3, 0.4) is 0 Å². The molecule has 0 bridgehead atoms. The van der Waals surface area contributed by atoms with Crippen LogP contribution in [0, 0.1) is 5.92 Å². The summed E-state index contributed by atoms with van der Waals surface area (Å²) in [4.78, 5) is 17.1. The molecule has 3 heterocycles. The minimum Gasteiger partial charge on any atom is -0.381 e. The number of ether oxygens (including phenoxy) is 2. The summed E-state index contributed by atoms with van der Waals surface area (Å²) in [5.41, 5.74) is 1.22. The third kappa shape index (κ3) is 4.89. The van der Waals surface area contributed by atoms with E-state index in [0.29, 0.717) is 18.9 Å². The summed E-state index contributed by atoms with van der Waals surface area (Å²) in [5.74, 6) is 0.878. The molecule has 1 aromatic carbocycles. The lowest BCUT2D eigenvalue weighted by atomic mass is 9.90. The monoisotopic (exact) mass is 372 g/mol. The number of carbonyl (C=O) groups is 1. The maximum absolute atomic E-state index is 12.6. The second kappa shape index (κ2) is 8.72. The lowest BCUT2D eigenvalue weighted by molar-refractivity contribution is -0.132. The van der Waals surface area contributed by atoms with Crippen LogP contribution < -0.4 is 0 Å². The Morgan fingerprint density at radius 3 is 2.67 bits per heavy atom. The van der Waals surface area contributed by atoms with Gasteiger partial charge in [-0.25, -0.2) is 0 Å². The third-order valence-electron chi connectivity index (χ3n) is 6.40. The van der Waals surface area contributed by atoms with Gasteiger partial charge < -0.3 is 14.4 Å². The highest BCUT2D eigenvalue weighted by Gasteiger charge is 2.40. The lowest BCUT2D eigenvalue weighted by Gasteiger charge is -2.42. The van der Waals surface area contributed by atoms with Crippen molar-refractivity contribution >= 4 is 5.91 Å². The third-order valence-corrected chi connectivity index (χ3v) is 6.40. The van der Waals surface area contributed by atoms with E-state index in [4.69, 9.17) is 9.47 Å². The highest BCUT2D eigenvalue weighted by Crippen LogP contribution is 2.31. The van der Waals surface area contributed by atoms with Gasteiger partial charge in [-0.15, -0.1) is 0 Å². The van der Waals surface area contributed by atoms with Crippen molar-refractivity contribution in [3.05, 3.63) is 35.9 Å². The van der Waals surface area contributed by atoms with Crippen molar-refractivity contribution in [3.63, 3.8) is 0 Å². The number of benzene rings is 1. The number of rotatable bonds is 5. The van der Waals surface area contributed by atoms with E-state index in [0.717, 1.165) is 71.6 Å². The van der Waals surface area contributed by atoms with Gasteiger partial charge in [0, 0.05) is 45.9 Å². The molecule has 3 fully saturated rings. The second-order valence-electron chi connectivity index (χ2n) is 8.38. The number of amides is 1. The Hall–Kier alpha value is -1.43. The highest BCUT2D eigenvalue weighted by molar-refractivity contribution is 5.76. The van der Waals surface area contributed by atoms with Crippen LogP contribution in [0.2, 0.25) is 0 Å². The number of hydrogen-bond donors (Lipinski definition) is 0. The molecule has 0 aromatic heterocycles. The van der Waals surface area contributed by atoms with E-state index in [-0.39, 0.29) is 11.5 Å². The minimum absolute atomic E-state index is 0.147. The molecule has 0 saturated carbocycles. The van der Waals surface area contributed by atoms with E-state index in [2.05, 4.69) is 40.1 Å². The molecule has 3 aliphatic rings. The van der Waals surface area contributed by atoms with Crippen LogP contribution in [-0.2, 0) is 20.8 Å². The molecular formula is C22H32N2O3. The Balaban J connectivity index is 1.32. The normalized spacial score (nSPS) is 26.4. The predicted octanol–water partition coefficient (Wildman–Crippen LogP) is 2.70. The molecule has 1 amide bonds. The minimum atomic E-state index is -0.147. The van der Waals surface area contributed by atoms with Crippen molar-refractivity contribution in [2.24, 2.45) is 5.92 Å². The Labute approximate surface area is 162 Å². The molecule has 27 heavy (non-hydrogen) atoms. The fraction of sp³-hybridized carbons (Fsp3) is 0.682. The summed E-state index contributed by atoms with van der Waals surface area (Å²) in [7, 11) is 0. The molecular weight excluding hydrogens is 340 g/mol. The van der Waals surface area contributed by atoms with Gasteiger partial charge >= 0.3 is 0 Å². The van der Waals surface area contributed by atoms with Gasteiger partial charge in [-0.1, -0.05) is 30.3 Å². The summed E-state index contributed by atoms with van der Waals surface area (Å²) >= 11 is 0. The fourth-order valence-corrected chi connectivity index (χ4v) is 4.61. The first-order chi connectivity index (χ1) is 13.2. The van der Waals surface area contributed by atoms with Crippen molar-refractivity contribution < 1.29 is 14.3 Å². The van der Waals surface area contributed by atoms with Gasteiger partial charge in [0.2, 0.25) is 5.91 Å². The van der Waals surface area contributed by atoms with Gasteiger partial charge in [0.1, 0.15) is 0 Å². The maximum atomic E-state index is 12.6. The predicted molar refractivity (Wildman–Crippen MR) is 104 cm³/mol. The number of nitrogens with zero attached hydrogens (tertiary/aromatic N) is 2. The quantitative estimate of drug-likeness (QED) is 0.797. The molecule has 0 radical (unpaired) electrons. The van der Waals surface area contributed by atoms with E-state index >= 15 is 0 Å². The smallest absolute Gasteiger partial charge is 0.224 e. The van der Waals surface area contributed by atoms with Crippen LogP contribution in [-0.4, -0.2) is 67.3 Å². The average Bonchev–Trinajstić information content (AvgIpc) is 3.16. The standard InChI is InChI=1S/C22H32N2O3/c25-21-8-15-27-22(18-24(21)11-6-20-7-14-26-17-20)9-12-23(13-10-22)16-19-4-2-1-3-5-19/h1-5,20H,6-18H2. The molecule has 5 nitrogen and oxygen atoms in total. The van der Waals surface area contributed by atoms with Crippen molar-refractivity contribution in [3.8, 4) is 0 Å². The summed E-state index contributed by atoms with van der Waals surface area (Å²) in [6.45, 7) is 6.99. The summed E-state index contributed by atoms with van der Waals surface area (Å²) in [6, 6.07) is 10.7. The molecule has 3 aliphatic heterocycles. The van der Waals surface area contributed by atoms with Crippen LogP contribution >= 0.6 is 0 Å². The zero-order chi connectivity index (χ0) is 18.5. The number of carbonyl (C=O) groups excluding carboxylic acids is 1. The van der Waals surface area contributed by atoms with Crippen LogP contribution in [0.25, 0.3) is 0 Å².